The van der Waals surface area contributed by atoms with Gasteiger partial charge in [-0.05, 0) is 61.0 Å². The van der Waals surface area contributed by atoms with Crippen LogP contribution < -0.4 is 0 Å². The summed E-state index contributed by atoms with van der Waals surface area (Å²) in [6.45, 7) is 4.56. The summed E-state index contributed by atoms with van der Waals surface area (Å²) in [5.41, 5.74) is 2.58. The minimum atomic E-state index is -0.395. The first-order valence-electron chi connectivity index (χ1n) is 8.38. The van der Waals surface area contributed by atoms with E-state index >= 15 is 0 Å². The van der Waals surface area contributed by atoms with Crippen molar-refractivity contribution in [2.45, 2.75) is 64.4 Å². The zero-order chi connectivity index (χ0) is 14.2. The first-order valence-corrected chi connectivity index (χ1v) is 8.38. The second kappa shape index (κ2) is 5.52. The number of aliphatic hydroxyl groups is 1. The molecule has 0 spiro atoms. The number of hydrogen-bond donors (Lipinski definition) is 1. The lowest BCUT2D eigenvalue weighted by atomic mass is 9.78. The fourth-order valence-electron chi connectivity index (χ4n) is 4.48. The van der Waals surface area contributed by atoms with E-state index in [9.17, 15) is 5.11 Å². The molecule has 2 bridgehead atoms. The predicted octanol–water partition coefficient (Wildman–Crippen LogP) is 4.37. The molecule has 3 rings (SSSR count). The van der Waals surface area contributed by atoms with Crippen molar-refractivity contribution in [3.8, 4) is 0 Å². The SMILES string of the molecule is CC(C)CCCC1(O)C2CCC1Cc1ccccc1C2. The average molecular weight is 272 g/mol. The molecule has 0 aliphatic heterocycles. The highest BCUT2D eigenvalue weighted by Crippen LogP contribution is 2.49. The monoisotopic (exact) mass is 272 g/mol. The summed E-state index contributed by atoms with van der Waals surface area (Å²) < 4.78 is 0. The van der Waals surface area contributed by atoms with Crippen LogP contribution in [0.3, 0.4) is 0 Å². The van der Waals surface area contributed by atoms with Crippen molar-refractivity contribution < 1.29 is 5.11 Å². The van der Waals surface area contributed by atoms with Gasteiger partial charge in [0.05, 0.1) is 5.60 Å². The van der Waals surface area contributed by atoms with E-state index in [1.54, 1.807) is 0 Å². The molecule has 20 heavy (non-hydrogen) atoms. The fourth-order valence-corrected chi connectivity index (χ4v) is 4.48. The first-order chi connectivity index (χ1) is 9.59. The third-order valence-corrected chi connectivity index (χ3v) is 5.69. The summed E-state index contributed by atoms with van der Waals surface area (Å²) in [6, 6.07) is 8.83. The van der Waals surface area contributed by atoms with Gasteiger partial charge < -0.3 is 5.11 Å². The summed E-state index contributed by atoms with van der Waals surface area (Å²) in [7, 11) is 0. The van der Waals surface area contributed by atoms with Crippen LogP contribution in [-0.4, -0.2) is 10.7 Å². The standard InChI is InChI=1S/C19H28O/c1-14(2)6-5-11-19(20)17-9-10-18(19)13-16-8-4-3-7-15(16)12-17/h3-4,7-8,14,17-18,20H,5-6,9-13H2,1-2H3. The van der Waals surface area contributed by atoms with Crippen LogP contribution in [0.1, 0.15) is 57.1 Å². The van der Waals surface area contributed by atoms with Gasteiger partial charge >= 0.3 is 0 Å². The zero-order valence-corrected chi connectivity index (χ0v) is 12.9. The van der Waals surface area contributed by atoms with Gasteiger partial charge in [-0.15, -0.1) is 0 Å². The lowest BCUT2D eigenvalue weighted by Gasteiger charge is -2.34. The highest BCUT2D eigenvalue weighted by Gasteiger charge is 2.49. The Kier molecular flexibility index (Phi) is 3.90. The molecule has 1 nitrogen and oxygen atoms in total. The molecule has 1 saturated carbocycles. The third-order valence-electron chi connectivity index (χ3n) is 5.69. The minimum absolute atomic E-state index is 0.395. The van der Waals surface area contributed by atoms with Gasteiger partial charge in [0.25, 0.3) is 0 Å². The molecule has 2 aliphatic rings. The van der Waals surface area contributed by atoms with E-state index in [2.05, 4.69) is 38.1 Å². The van der Waals surface area contributed by atoms with Crippen LogP contribution in [0.4, 0.5) is 0 Å². The van der Waals surface area contributed by atoms with Crippen molar-refractivity contribution in [3.63, 3.8) is 0 Å². The summed E-state index contributed by atoms with van der Waals surface area (Å²) >= 11 is 0. The van der Waals surface area contributed by atoms with E-state index in [1.807, 2.05) is 0 Å². The van der Waals surface area contributed by atoms with Gasteiger partial charge in [-0.2, -0.15) is 0 Å². The Morgan fingerprint density at radius 2 is 1.65 bits per heavy atom. The molecule has 1 N–H and O–H groups in total. The van der Waals surface area contributed by atoms with Crippen LogP contribution >= 0.6 is 0 Å². The molecule has 1 aromatic carbocycles. The third kappa shape index (κ3) is 2.53. The van der Waals surface area contributed by atoms with E-state index in [0.717, 1.165) is 25.2 Å². The summed E-state index contributed by atoms with van der Waals surface area (Å²) in [5, 5.41) is 11.3. The maximum absolute atomic E-state index is 11.3. The molecule has 1 heteroatoms. The van der Waals surface area contributed by atoms with Gasteiger partial charge in [0.1, 0.15) is 0 Å². The van der Waals surface area contributed by atoms with E-state index < -0.39 is 5.60 Å². The number of fused-ring (bicyclic) bond motifs is 3. The van der Waals surface area contributed by atoms with Crippen LogP contribution in [0.15, 0.2) is 24.3 Å². The van der Waals surface area contributed by atoms with Crippen LogP contribution in [0, 0.1) is 17.8 Å². The van der Waals surface area contributed by atoms with E-state index in [0.29, 0.717) is 11.8 Å². The Hall–Kier alpha value is -0.820. The molecule has 0 radical (unpaired) electrons. The van der Waals surface area contributed by atoms with Crippen LogP contribution in [-0.2, 0) is 12.8 Å². The largest absolute Gasteiger partial charge is 0.389 e. The maximum atomic E-state index is 11.3. The Morgan fingerprint density at radius 3 is 2.15 bits per heavy atom. The Bertz CT molecular complexity index is 430. The number of hydrogen-bond acceptors (Lipinski definition) is 1. The predicted molar refractivity (Wildman–Crippen MR) is 83.7 cm³/mol. The van der Waals surface area contributed by atoms with Crippen molar-refractivity contribution >= 4 is 0 Å². The molecule has 1 aromatic rings. The summed E-state index contributed by atoms with van der Waals surface area (Å²) in [4.78, 5) is 0. The topological polar surface area (TPSA) is 20.2 Å². The van der Waals surface area contributed by atoms with Gasteiger partial charge in [0.15, 0.2) is 0 Å². The molecular weight excluding hydrogens is 244 g/mol. The van der Waals surface area contributed by atoms with Crippen molar-refractivity contribution in [2.75, 3.05) is 0 Å². The first kappa shape index (κ1) is 14.1. The van der Waals surface area contributed by atoms with Gasteiger partial charge in [-0.3, -0.25) is 0 Å². The highest BCUT2D eigenvalue weighted by molar-refractivity contribution is 5.31. The maximum Gasteiger partial charge on any atom is 0.0710 e. The summed E-state index contributed by atoms with van der Waals surface area (Å²) in [6.07, 6.45) is 8.05. The molecule has 2 atom stereocenters. The smallest absolute Gasteiger partial charge is 0.0710 e. The fraction of sp³-hybridized carbons (Fsp3) is 0.684. The van der Waals surface area contributed by atoms with E-state index in [4.69, 9.17) is 0 Å². The van der Waals surface area contributed by atoms with Crippen molar-refractivity contribution in [3.05, 3.63) is 35.4 Å². The molecule has 0 amide bonds. The van der Waals surface area contributed by atoms with Crippen LogP contribution in [0.2, 0.25) is 0 Å². The van der Waals surface area contributed by atoms with Crippen LogP contribution in [0.25, 0.3) is 0 Å². The van der Waals surface area contributed by atoms with Crippen molar-refractivity contribution in [1.82, 2.24) is 0 Å². The minimum Gasteiger partial charge on any atom is -0.389 e. The average Bonchev–Trinajstić information content (AvgIpc) is 2.61. The summed E-state index contributed by atoms with van der Waals surface area (Å²) in [5.74, 6) is 1.73. The zero-order valence-electron chi connectivity index (χ0n) is 12.9. The van der Waals surface area contributed by atoms with Gasteiger partial charge in [-0.25, -0.2) is 0 Å². The Balaban J connectivity index is 1.78. The Morgan fingerprint density at radius 1 is 1.10 bits per heavy atom. The molecule has 1 fully saturated rings. The number of rotatable bonds is 4. The van der Waals surface area contributed by atoms with Gasteiger partial charge in [0.2, 0.25) is 0 Å². The number of benzene rings is 1. The molecule has 110 valence electrons. The Labute approximate surface area is 123 Å². The highest BCUT2D eigenvalue weighted by atomic mass is 16.3. The molecular formula is C19H28O. The van der Waals surface area contributed by atoms with Crippen LogP contribution in [0.5, 0.6) is 0 Å². The second-order valence-corrected chi connectivity index (χ2v) is 7.43. The molecule has 2 unspecified atom stereocenters. The molecule has 0 heterocycles. The van der Waals surface area contributed by atoms with Crippen molar-refractivity contribution in [2.24, 2.45) is 17.8 Å². The van der Waals surface area contributed by atoms with Gasteiger partial charge in [0, 0.05) is 0 Å². The van der Waals surface area contributed by atoms with E-state index in [1.165, 1.54) is 36.8 Å². The van der Waals surface area contributed by atoms with Crippen molar-refractivity contribution in [1.29, 1.82) is 0 Å². The molecule has 0 saturated heterocycles. The van der Waals surface area contributed by atoms with Gasteiger partial charge in [-0.1, -0.05) is 51.0 Å². The quantitative estimate of drug-likeness (QED) is 0.863. The molecule has 0 aromatic heterocycles. The lowest BCUT2D eigenvalue weighted by Crippen LogP contribution is -2.40. The normalized spacial score (nSPS) is 32.2. The molecule has 2 aliphatic carbocycles. The van der Waals surface area contributed by atoms with E-state index in [-0.39, 0.29) is 0 Å². The lowest BCUT2D eigenvalue weighted by molar-refractivity contribution is -0.0431. The second-order valence-electron chi connectivity index (χ2n) is 7.43.